The standard InChI is InChI=1S/C12H25N5/c1-9(2)5-4-6-10(3)7-11(8-13)12-14-16-17-15-12/h9-11H,4-8,13H2,1-3H3,(H,14,15,16,17)/t10-,11?/m1/s1. The van der Waals surface area contributed by atoms with Crippen LogP contribution in [0.1, 0.15) is 58.2 Å². The molecule has 3 N–H and O–H groups in total. The van der Waals surface area contributed by atoms with Gasteiger partial charge in [-0.1, -0.05) is 40.0 Å². The molecule has 1 rings (SSSR count). The summed E-state index contributed by atoms with van der Waals surface area (Å²) in [5.74, 6) is 2.56. The number of hydrogen-bond acceptors (Lipinski definition) is 4. The largest absolute Gasteiger partial charge is 0.330 e. The van der Waals surface area contributed by atoms with Gasteiger partial charge in [-0.3, -0.25) is 0 Å². The van der Waals surface area contributed by atoms with Gasteiger partial charge in [0.2, 0.25) is 0 Å². The number of tetrazole rings is 1. The van der Waals surface area contributed by atoms with Gasteiger partial charge in [-0.05, 0) is 28.7 Å². The Balaban J connectivity index is 2.30. The van der Waals surface area contributed by atoms with Gasteiger partial charge in [0.1, 0.15) is 0 Å². The Hall–Kier alpha value is -0.970. The maximum absolute atomic E-state index is 5.77. The molecule has 0 saturated carbocycles. The molecule has 1 aromatic rings. The summed E-state index contributed by atoms with van der Waals surface area (Å²) in [6.45, 7) is 7.43. The predicted octanol–water partition coefficient (Wildman–Crippen LogP) is 2.09. The van der Waals surface area contributed by atoms with Gasteiger partial charge in [0.25, 0.3) is 0 Å². The van der Waals surface area contributed by atoms with E-state index in [-0.39, 0.29) is 5.92 Å². The van der Waals surface area contributed by atoms with Crippen molar-refractivity contribution in [3.05, 3.63) is 5.82 Å². The van der Waals surface area contributed by atoms with Crippen LogP contribution in [0.3, 0.4) is 0 Å². The summed E-state index contributed by atoms with van der Waals surface area (Å²) in [6, 6.07) is 0. The van der Waals surface area contributed by atoms with Crippen LogP contribution in [0.4, 0.5) is 0 Å². The zero-order valence-electron chi connectivity index (χ0n) is 11.2. The normalized spacial score (nSPS) is 15.1. The molecule has 0 spiro atoms. The Kier molecular flexibility index (Phi) is 6.11. The van der Waals surface area contributed by atoms with Gasteiger partial charge in [-0.2, -0.15) is 0 Å². The summed E-state index contributed by atoms with van der Waals surface area (Å²) < 4.78 is 0. The number of nitrogens with zero attached hydrogens (tertiary/aromatic N) is 3. The number of aromatic nitrogens is 4. The van der Waals surface area contributed by atoms with Gasteiger partial charge in [-0.25, -0.2) is 5.10 Å². The second-order valence-electron chi connectivity index (χ2n) is 5.38. The van der Waals surface area contributed by atoms with Gasteiger partial charge < -0.3 is 5.73 Å². The Morgan fingerprint density at radius 3 is 2.53 bits per heavy atom. The van der Waals surface area contributed by atoms with Crippen molar-refractivity contribution in [1.29, 1.82) is 0 Å². The van der Waals surface area contributed by atoms with E-state index in [1.165, 1.54) is 19.3 Å². The first-order chi connectivity index (χ1) is 8.13. The average Bonchev–Trinajstić information content (AvgIpc) is 2.78. The monoisotopic (exact) mass is 239 g/mol. The van der Waals surface area contributed by atoms with Crippen LogP contribution >= 0.6 is 0 Å². The van der Waals surface area contributed by atoms with Gasteiger partial charge in [0, 0.05) is 12.5 Å². The molecule has 0 fully saturated rings. The minimum atomic E-state index is 0.263. The number of aromatic amines is 1. The zero-order chi connectivity index (χ0) is 12.7. The van der Waals surface area contributed by atoms with Crippen molar-refractivity contribution >= 4 is 0 Å². The molecule has 0 radical (unpaired) electrons. The molecule has 1 heterocycles. The van der Waals surface area contributed by atoms with E-state index < -0.39 is 0 Å². The fourth-order valence-electron chi connectivity index (χ4n) is 2.14. The number of nitrogens with two attached hydrogens (primary N) is 1. The summed E-state index contributed by atoms with van der Waals surface area (Å²) >= 11 is 0. The lowest BCUT2D eigenvalue weighted by atomic mass is 9.90. The first-order valence-electron chi connectivity index (χ1n) is 6.57. The van der Waals surface area contributed by atoms with Crippen LogP contribution in [-0.2, 0) is 0 Å². The van der Waals surface area contributed by atoms with Crippen molar-refractivity contribution in [2.24, 2.45) is 17.6 Å². The van der Waals surface area contributed by atoms with Crippen molar-refractivity contribution in [2.75, 3.05) is 6.54 Å². The highest BCUT2D eigenvalue weighted by molar-refractivity contribution is 4.92. The molecule has 0 aliphatic rings. The summed E-state index contributed by atoms with van der Waals surface area (Å²) in [7, 11) is 0. The van der Waals surface area contributed by atoms with Gasteiger partial charge in [-0.15, -0.1) is 5.10 Å². The molecule has 0 bridgehead atoms. The predicted molar refractivity (Wildman–Crippen MR) is 68.4 cm³/mol. The Labute approximate surface area is 104 Å². The fraction of sp³-hybridized carbons (Fsp3) is 0.917. The second-order valence-corrected chi connectivity index (χ2v) is 5.38. The fourth-order valence-corrected chi connectivity index (χ4v) is 2.14. The van der Waals surface area contributed by atoms with Crippen molar-refractivity contribution in [1.82, 2.24) is 20.6 Å². The molecular weight excluding hydrogens is 214 g/mol. The minimum absolute atomic E-state index is 0.263. The highest BCUT2D eigenvalue weighted by Crippen LogP contribution is 2.23. The van der Waals surface area contributed by atoms with Crippen LogP contribution in [-0.4, -0.2) is 27.2 Å². The zero-order valence-corrected chi connectivity index (χ0v) is 11.2. The van der Waals surface area contributed by atoms with Gasteiger partial charge in [0.05, 0.1) is 0 Å². The Bertz CT molecular complexity index is 283. The first-order valence-corrected chi connectivity index (χ1v) is 6.57. The third-order valence-corrected chi connectivity index (χ3v) is 3.20. The van der Waals surface area contributed by atoms with Gasteiger partial charge in [0.15, 0.2) is 5.82 Å². The third-order valence-electron chi connectivity index (χ3n) is 3.20. The van der Waals surface area contributed by atoms with Crippen molar-refractivity contribution < 1.29 is 0 Å². The lowest BCUT2D eigenvalue weighted by Gasteiger charge is -2.17. The smallest absolute Gasteiger partial charge is 0.152 e. The first kappa shape index (κ1) is 14.1. The van der Waals surface area contributed by atoms with E-state index in [4.69, 9.17) is 5.73 Å². The Morgan fingerprint density at radius 1 is 1.24 bits per heavy atom. The number of rotatable bonds is 8. The minimum Gasteiger partial charge on any atom is -0.330 e. The molecule has 5 heteroatoms. The summed E-state index contributed by atoms with van der Waals surface area (Å²) in [5.41, 5.74) is 5.77. The molecule has 0 amide bonds. The van der Waals surface area contributed by atoms with E-state index in [1.807, 2.05) is 0 Å². The molecule has 0 saturated heterocycles. The molecule has 5 nitrogen and oxygen atoms in total. The van der Waals surface area contributed by atoms with Crippen LogP contribution in [0.5, 0.6) is 0 Å². The summed E-state index contributed by atoms with van der Waals surface area (Å²) in [6.07, 6.45) is 4.92. The molecule has 17 heavy (non-hydrogen) atoms. The quantitative estimate of drug-likeness (QED) is 0.728. The van der Waals surface area contributed by atoms with Gasteiger partial charge >= 0.3 is 0 Å². The highest BCUT2D eigenvalue weighted by atomic mass is 15.5. The number of H-pyrrole nitrogens is 1. The molecular formula is C12H25N5. The third kappa shape index (κ3) is 5.26. The molecule has 0 aromatic carbocycles. The maximum Gasteiger partial charge on any atom is 0.152 e. The van der Waals surface area contributed by atoms with E-state index in [0.717, 1.165) is 18.2 Å². The Morgan fingerprint density at radius 2 is 2.00 bits per heavy atom. The van der Waals surface area contributed by atoms with E-state index in [9.17, 15) is 0 Å². The molecule has 0 aliphatic heterocycles. The van der Waals surface area contributed by atoms with Crippen LogP contribution in [0.2, 0.25) is 0 Å². The lowest BCUT2D eigenvalue weighted by Crippen LogP contribution is -2.17. The molecule has 1 unspecified atom stereocenters. The molecule has 0 aliphatic carbocycles. The van der Waals surface area contributed by atoms with Crippen LogP contribution in [0.25, 0.3) is 0 Å². The SMILES string of the molecule is CC(C)CCC[C@@H](C)CC(CN)c1nnn[nH]1. The van der Waals surface area contributed by atoms with E-state index in [0.29, 0.717) is 12.5 Å². The number of hydrogen-bond donors (Lipinski definition) is 2. The summed E-state index contributed by atoms with van der Waals surface area (Å²) in [4.78, 5) is 0. The molecule has 1 aromatic heterocycles. The van der Waals surface area contributed by atoms with E-state index in [2.05, 4.69) is 41.4 Å². The summed E-state index contributed by atoms with van der Waals surface area (Å²) in [5, 5.41) is 14.0. The van der Waals surface area contributed by atoms with Crippen molar-refractivity contribution in [3.8, 4) is 0 Å². The number of nitrogens with one attached hydrogen (secondary N) is 1. The van der Waals surface area contributed by atoms with Crippen LogP contribution < -0.4 is 5.73 Å². The molecule has 2 atom stereocenters. The topological polar surface area (TPSA) is 80.5 Å². The van der Waals surface area contributed by atoms with E-state index >= 15 is 0 Å². The van der Waals surface area contributed by atoms with Crippen molar-refractivity contribution in [3.63, 3.8) is 0 Å². The second kappa shape index (κ2) is 7.37. The maximum atomic E-state index is 5.77. The molecule has 98 valence electrons. The lowest BCUT2D eigenvalue weighted by molar-refractivity contribution is 0.401. The van der Waals surface area contributed by atoms with Crippen LogP contribution in [0.15, 0.2) is 0 Å². The average molecular weight is 239 g/mol. The van der Waals surface area contributed by atoms with E-state index in [1.54, 1.807) is 0 Å². The van der Waals surface area contributed by atoms with Crippen LogP contribution in [0, 0.1) is 11.8 Å². The highest BCUT2D eigenvalue weighted by Gasteiger charge is 2.17. The van der Waals surface area contributed by atoms with Crippen molar-refractivity contribution in [2.45, 2.75) is 52.4 Å².